The van der Waals surface area contributed by atoms with Crippen LogP contribution in [0.1, 0.15) is 17.2 Å². The van der Waals surface area contributed by atoms with Gasteiger partial charge in [-0.15, -0.1) is 0 Å². The molecule has 0 aromatic heterocycles. The van der Waals surface area contributed by atoms with Crippen LogP contribution in [0.5, 0.6) is 0 Å². The largest absolute Gasteiger partial charge is 0.466 e. The summed E-state index contributed by atoms with van der Waals surface area (Å²) in [6, 6.07) is 15.5. The minimum Gasteiger partial charge on any atom is -0.466 e. The molecule has 2 atom stereocenters. The summed E-state index contributed by atoms with van der Waals surface area (Å²) < 4.78 is 33.9. The molecule has 2 unspecified atom stereocenters. The Labute approximate surface area is 147 Å². The third kappa shape index (κ3) is 2.60. The molecule has 4 nitrogen and oxygen atoms in total. The molecule has 0 spiro atoms. The van der Waals surface area contributed by atoms with Gasteiger partial charge in [0.15, 0.2) is 12.1 Å². The molecule has 0 radical (unpaired) electrons. The molecule has 0 bridgehead atoms. The van der Waals surface area contributed by atoms with Crippen molar-refractivity contribution in [1.82, 2.24) is 0 Å². The second-order valence-electron chi connectivity index (χ2n) is 5.98. The Kier molecular flexibility index (Phi) is 3.88. The highest BCUT2D eigenvalue weighted by Crippen LogP contribution is 2.35. The second kappa shape index (κ2) is 6.22. The predicted octanol–water partition coefficient (Wildman–Crippen LogP) is 3.49. The van der Waals surface area contributed by atoms with E-state index in [1.165, 1.54) is 6.07 Å². The van der Waals surface area contributed by atoms with Crippen LogP contribution in [0.2, 0.25) is 0 Å². The highest BCUT2D eigenvalue weighted by atomic mass is 19.1. The molecule has 0 saturated carbocycles. The first-order valence-electron chi connectivity index (χ1n) is 8.02. The predicted molar refractivity (Wildman–Crippen MR) is 93.7 cm³/mol. The molecule has 1 amide bonds. The van der Waals surface area contributed by atoms with E-state index in [9.17, 15) is 13.6 Å². The van der Waals surface area contributed by atoms with Crippen LogP contribution in [0.4, 0.5) is 8.78 Å². The molecule has 0 saturated heterocycles. The topological polar surface area (TPSA) is 64.7 Å². The summed E-state index contributed by atoms with van der Waals surface area (Å²) in [4.78, 5) is 16.0. The van der Waals surface area contributed by atoms with Gasteiger partial charge in [-0.05, 0) is 22.9 Å². The van der Waals surface area contributed by atoms with Gasteiger partial charge in [0, 0.05) is 5.56 Å². The zero-order valence-electron chi connectivity index (χ0n) is 13.5. The minimum atomic E-state index is -1.07. The van der Waals surface area contributed by atoms with Gasteiger partial charge in [0.1, 0.15) is 17.2 Å². The van der Waals surface area contributed by atoms with Crippen LogP contribution in [0.3, 0.4) is 0 Å². The van der Waals surface area contributed by atoms with Crippen molar-refractivity contribution in [3.8, 4) is 0 Å². The average Bonchev–Trinajstić information content (AvgIpc) is 3.06. The van der Waals surface area contributed by atoms with Crippen LogP contribution in [0.25, 0.3) is 10.8 Å². The fraction of sp³-hybridized carbons (Fsp3) is 0.100. The summed E-state index contributed by atoms with van der Waals surface area (Å²) in [6.07, 6.45) is -0.854. The number of carbonyl (C=O) groups excluding carboxylic acids is 1. The number of nitrogens with zero attached hydrogens (tertiary/aromatic N) is 1. The van der Waals surface area contributed by atoms with Crippen molar-refractivity contribution >= 4 is 22.6 Å². The lowest BCUT2D eigenvalue weighted by Gasteiger charge is -2.18. The number of nitrogens with two attached hydrogens (primary N) is 1. The Hall–Kier alpha value is -3.28. The lowest BCUT2D eigenvalue weighted by Crippen LogP contribution is -2.30. The number of amides is 1. The molecule has 2 N–H and O–H groups in total. The van der Waals surface area contributed by atoms with Gasteiger partial charge < -0.3 is 10.5 Å². The molecule has 130 valence electrons. The average molecular weight is 352 g/mol. The summed E-state index contributed by atoms with van der Waals surface area (Å²) in [5.74, 6) is -2.62. The van der Waals surface area contributed by atoms with E-state index in [4.69, 9.17) is 10.5 Å². The summed E-state index contributed by atoms with van der Waals surface area (Å²) in [5, 5.41) is 1.80. The van der Waals surface area contributed by atoms with E-state index in [-0.39, 0.29) is 5.90 Å². The van der Waals surface area contributed by atoms with Gasteiger partial charge in [-0.2, -0.15) is 0 Å². The lowest BCUT2D eigenvalue weighted by molar-refractivity contribution is -0.120. The number of hydrogen-bond acceptors (Lipinski definition) is 3. The summed E-state index contributed by atoms with van der Waals surface area (Å²) in [5.41, 5.74) is 5.75. The van der Waals surface area contributed by atoms with Crippen LogP contribution < -0.4 is 5.73 Å². The molecular formula is C20H14F2N2O2. The van der Waals surface area contributed by atoms with Crippen LogP contribution in [-0.2, 0) is 9.53 Å². The Morgan fingerprint density at radius 2 is 1.62 bits per heavy atom. The number of carbonyl (C=O) groups is 1. The maximum absolute atomic E-state index is 14.1. The molecule has 1 heterocycles. The molecule has 3 aromatic carbocycles. The van der Waals surface area contributed by atoms with Crippen molar-refractivity contribution in [3.63, 3.8) is 0 Å². The molecule has 4 rings (SSSR count). The van der Waals surface area contributed by atoms with Crippen LogP contribution >= 0.6 is 0 Å². The van der Waals surface area contributed by atoms with Crippen molar-refractivity contribution in [3.05, 3.63) is 83.4 Å². The van der Waals surface area contributed by atoms with Crippen molar-refractivity contribution < 1.29 is 18.3 Å². The van der Waals surface area contributed by atoms with Gasteiger partial charge in [-0.25, -0.2) is 13.8 Å². The van der Waals surface area contributed by atoms with Crippen LogP contribution in [0, 0.1) is 11.6 Å². The van der Waals surface area contributed by atoms with Gasteiger partial charge in [-0.3, -0.25) is 4.79 Å². The number of halogens is 2. The molecule has 3 aromatic rings. The van der Waals surface area contributed by atoms with Gasteiger partial charge in [0.05, 0.1) is 0 Å². The third-order valence-electron chi connectivity index (χ3n) is 4.38. The van der Waals surface area contributed by atoms with Gasteiger partial charge >= 0.3 is 0 Å². The van der Waals surface area contributed by atoms with E-state index in [0.29, 0.717) is 5.56 Å². The van der Waals surface area contributed by atoms with E-state index >= 15 is 0 Å². The minimum absolute atomic E-state index is 0.262. The lowest BCUT2D eigenvalue weighted by atomic mass is 9.96. The zero-order valence-corrected chi connectivity index (χ0v) is 13.5. The third-order valence-corrected chi connectivity index (χ3v) is 4.38. The molecule has 6 heteroatoms. The zero-order chi connectivity index (χ0) is 18.3. The van der Waals surface area contributed by atoms with Gasteiger partial charge in [0.2, 0.25) is 11.8 Å². The normalized spacial score (nSPS) is 19.2. The standard InChI is InChI=1S/C20H14F2N2O2/c21-14-9-4-10-15(22)16(14)20-24-17(19(23)25)18(26-20)13-8-3-6-11-5-1-2-7-12(11)13/h1-10,17-18H,(H2,23,25). The Morgan fingerprint density at radius 1 is 0.962 bits per heavy atom. The van der Waals surface area contributed by atoms with Gasteiger partial charge in [-0.1, -0.05) is 48.5 Å². The van der Waals surface area contributed by atoms with E-state index in [1.807, 2.05) is 36.4 Å². The molecule has 0 aliphatic carbocycles. The van der Waals surface area contributed by atoms with Crippen molar-refractivity contribution in [2.75, 3.05) is 0 Å². The monoisotopic (exact) mass is 352 g/mol. The van der Waals surface area contributed by atoms with E-state index < -0.39 is 35.3 Å². The smallest absolute Gasteiger partial charge is 0.246 e. The van der Waals surface area contributed by atoms with Crippen molar-refractivity contribution in [1.29, 1.82) is 0 Å². The first kappa shape index (κ1) is 16.2. The number of primary amides is 1. The maximum atomic E-state index is 14.1. The van der Waals surface area contributed by atoms with E-state index in [1.54, 1.807) is 6.07 Å². The number of ether oxygens (including phenoxy) is 1. The summed E-state index contributed by atoms with van der Waals surface area (Å²) in [7, 11) is 0. The molecular weight excluding hydrogens is 338 g/mol. The maximum Gasteiger partial charge on any atom is 0.246 e. The molecule has 0 fully saturated rings. The van der Waals surface area contributed by atoms with E-state index in [2.05, 4.69) is 4.99 Å². The first-order chi connectivity index (χ1) is 12.6. The van der Waals surface area contributed by atoms with Crippen molar-refractivity contribution in [2.45, 2.75) is 12.1 Å². The highest BCUT2D eigenvalue weighted by molar-refractivity contribution is 6.00. The summed E-state index contributed by atoms with van der Waals surface area (Å²) >= 11 is 0. The quantitative estimate of drug-likeness (QED) is 0.784. The SMILES string of the molecule is NC(=O)C1N=C(c2c(F)cccc2F)OC1c1cccc2ccccc12. The first-order valence-corrected chi connectivity index (χ1v) is 8.02. The number of benzene rings is 3. The Morgan fingerprint density at radius 3 is 2.35 bits per heavy atom. The van der Waals surface area contributed by atoms with E-state index in [0.717, 1.165) is 22.9 Å². The summed E-state index contributed by atoms with van der Waals surface area (Å²) in [6.45, 7) is 0. The Bertz CT molecular complexity index is 1020. The number of aliphatic imine (C=N–C) groups is 1. The molecule has 1 aliphatic heterocycles. The number of fused-ring (bicyclic) bond motifs is 1. The number of rotatable bonds is 3. The highest BCUT2D eigenvalue weighted by Gasteiger charge is 2.39. The fourth-order valence-electron chi connectivity index (χ4n) is 3.18. The number of hydrogen-bond donors (Lipinski definition) is 1. The van der Waals surface area contributed by atoms with Crippen LogP contribution in [0.15, 0.2) is 65.7 Å². The van der Waals surface area contributed by atoms with Crippen LogP contribution in [-0.4, -0.2) is 17.8 Å². The van der Waals surface area contributed by atoms with Crippen molar-refractivity contribution in [2.24, 2.45) is 10.7 Å². The van der Waals surface area contributed by atoms with Gasteiger partial charge in [0.25, 0.3) is 0 Å². The molecule has 1 aliphatic rings. The Balaban J connectivity index is 1.82. The fourth-order valence-corrected chi connectivity index (χ4v) is 3.18. The second-order valence-corrected chi connectivity index (χ2v) is 5.98. The molecule has 26 heavy (non-hydrogen) atoms.